The number of aryl methyl sites for hydroxylation is 2. The molecule has 2 amide bonds. The van der Waals surface area contributed by atoms with Crippen LogP contribution in [0.5, 0.6) is 11.5 Å². The van der Waals surface area contributed by atoms with E-state index in [0.29, 0.717) is 47.1 Å². The van der Waals surface area contributed by atoms with E-state index in [1.807, 2.05) is 38.1 Å². The highest BCUT2D eigenvalue weighted by Gasteiger charge is 2.25. The van der Waals surface area contributed by atoms with Crippen molar-refractivity contribution in [2.45, 2.75) is 26.7 Å². The fourth-order valence-corrected chi connectivity index (χ4v) is 4.04. The third-order valence-corrected chi connectivity index (χ3v) is 5.80. The molecular weight excluding hydrogens is 406 g/mol. The zero-order valence-electron chi connectivity index (χ0n) is 18.8. The van der Waals surface area contributed by atoms with Crippen molar-refractivity contribution in [3.8, 4) is 11.5 Å². The van der Waals surface area contributed by atoms with Crippen molar-refractivity contribution in [3.05, 3.63) is 58.8 Å². The van der Waals surface area contributed by atoms with Gasteiger partial charge in [-0.3, -0.25) is 14.6 Å². The Kier molecular flexibility index (Phi) is 5.99. The van der Waals surface area contributed by atoms with Crippen molar-refractivity contribution in [2.75, 3.05) is 32.6 Å². The summed E-state index contributed by atoms with van der Waals surface area (Å²) in [4.78, 5) is 32.8. The highest BCUT2D eigenvalue weighted by molar-refractivity contribution is 6.11. The predicted octanol–water partition coefficient (Wildman–Crippen LogP) is 4.36. The SMILES string of the molecule is COc1cc(NC(=O)c2cc3ccc(C)cc3nc2C)c(C(=O)N2CCCC2)cc1OC. The second-order valence-corrected chi connectivity index (χ2v) is 8.02. The van der Waals surface area contributed by atoms with Crippen LogP contribution in [0, 0.1) is 13.8 Å². The molecule has 7 nitrogen and oxygen atoms in total. The molecule has 1 fully saturated rings. The number of carbonyl (C=O) groups is 2. The maximum absolute atomic E-state index is 13.2. The Morgan fingerprint density at radius 2 is 1.62 bits per heavy atom. The van der Waals surface area contributed by atoms with E-state index in [1.54, 1.807) is 17.0 Å². The molecule has 1 N–H and O–H groups in total. The molecule has 32 heavy (non-hydrogen) atoms. The first-order valence-corrected chi connectivity index (χ1v) is 10.7. The summed E-state index contributed by atoms with van der Waals surface area (Å²) in [6.45, 7) is 5.22. The van der Waals surface area contributed by atoms with E-state index < -0.39 is 0 Å². The van der Waals surface area contributed by atoms with Gasteiger partial charge in [0.15, 0.2) is 11.5 Å². The number of fused-ring (bicyclic) bond motifs is 1. The fourth-order valence-electron chi connectivity index (χ4n) is 4.04. The van der Waals surface area contributed by atoms with Crippen LogP contribution in [-0.2, 0) is 0 Å². The molecule has 0 atom stereocenters. The molecule has 2 heterocycles. The Hall–Kier alpha value is -3.61. The standard InChI is InChI=1S/C25H27N3O4/c1-15-7-8-17-12-18(16(2)26-20(17)11-15)24(29)27-21-14-23(32-4)22(31-3)13-19(21)25(30)28-9-5-6-10-28/h7-8,11-14H,5-6,9-10H2,1-4H3,(H,27,29). The van der Waals surface area contributed by atoms with Crippen molar-refractivity contribution in [2.24, 2.45) is 0 Å². The molecule has 0 bridgehead atoms. The average Bonchev–Trinajstić information content (AvgIpc) is 3.32. The van der Waals surface area contributed by atoms with E-state index in [0.717, 1.165) is 29.3 Å². The molecule has 3 aromatic rings. The molecule has 166 valence electrons. The maximum Gasteiger partial charge on any atom is 0.257 e. The lowest BCUT2D eigenvalue weighted by Crippen LogP contribution is -2.29. The van der Waals surface area contributed by atoms with E-state index in [9.17, 15) is 9.59 Å². The topological polar surface area (TPSA) is 80.8 Å². The Morgan fingerprint density at radius 1 is 0.938 bits per heavy atom. The van der Waals surface area contributed by atoms with Gasteiger partial charge in [0.2, 0.25) is 0 Å². The summed E-state index contributed by atoms with van der Waals surface area (Å²) < 4.78 is 10.8. The van der Waals surface area contributed by atoms with E-state index in [-0.39, 0.29) is 11.8 Å². The molecule has 4 rings (SSSR count). The van der Waals surface area contributed by atoms with E-state index in [4.69, 9.17) is 9.47 Å². The van der Waals surface area contributed by atoms with Gasteiger partial charge in [-0.15, -0.1) is 0 Å². The van der Waals surface area contributed by atoms with Crippen molar-refractivity contribution < 1.29 is 19.1 Å². The molecular formula is C25H27N3O4. The van der Waals surface area contributed by atoms with Gasteiger partial charge in [-0.2, -0.15) is 0 Å². The van der Waals surface area contributed by atoms with Gasteiger partial charge in [0.25, 0.3) is 11.8 Å². The number of carbonyl (C=O) groups excluding carboxylic acids is 2. The summed E-state index contributed by atoms with van der Waals surface area (Å²) in [7, 11) is 3.04. The van der Waals surface area contributed by atoms with Crippen LogP contribution in [0.3, 0.4) is 0 Å². The lowest BCUT2D eigenvalue weighted by atomic mass is 10.1. The molecule has 1 aliphatic rings. The lowest BCUT2D eigenvalue weighted by Gasteiger charge is -2.20. The number of nitrogens with zero attached hydrogens (tertiary/aromatic N) is 2. The van der Waals surface area contributed by atoms with Crippen LogP contribution in [0.4, 0.5) is 5.69 Å². The van der Waals surface area contributed by atoms with E-state index >= 15 is 0 Å². The third-order valence-electron chi connectivity index (χ3n) is 5.80. The number of pyridine rings is 1. The van der Waals surface area contributed by atoms with Crippen molar-refractivity contribution in [1.29, 1.82) is 0 Å². The van der Waals surface area contributed by atoms with Gasteiger partial charge in [0.05, 0.1) is 42.2 Å². The number of anilines is 1. The van der Waals surface area contributed by atoms with E-state index in [2.05, 4.69) is 10.3 Å². The molecule has 1 saturated heterocycles. The third kappa shape index (κ3) is 4.10. The Balaban J connectivity index is 1.73. The fraction of sp³-hybridized carbons (Fsp3) is 0.320. The van der Waals surface area contributed by atoms with Gasteiger partial charge < -0.3 is 19.7 Å². The highest BCUT2D eigenvalue weighted by atomic mass is 16.5. The normalized spacial score (nSPS) is 13.3. The summed E-state index contributed by atoms with van der Waals surface area (Å²) in [6.07, 6.45) is 1.95. The Morgan fingerprint density at radius 3 is 2.31 bits per heavy atom. The van der Waals surface area contributed by atoms with E-state index in [1.165, 1.54) is 14.2 Å². The summed E-state index contributed by atoms with van der Waals surface area (Å²) in [5, 5.41) is 3.79. The van der Waals surface area contributed by atoms with Crippen LogP contribution in [0.25, 0.3) is 10.9 Å². The second kappa shape index (κ2) is 8.86. The zero-order valence-corrected chi connectivity index (χ0v) is 18.8. The number of rotatable bonds is 5. The zero-order chi connectivity index (χ0) is 22.8. The van der Waals surface area contributed by atoms with Crippen LogP contribution in [0.1, 0.15) is 44.8 Å². The molecule has 1 aliphatic heterocycles. The first-order valence-electron chi connectivity index (χ1n) is 10.7. The Bertz CT molecular complexity index is 1200. The number of amides is 2. The molecule has 0 saturated carbocycles. The summed E-state index contributed by atoms with van der Waals surface area (Å²) in [5.41, 5.74) is 3.78. The monoisotopic (exact) mass is 433 g/mol. The molecule has 0 aliphatic carbocycles. The molecule has 0 unspecified atom stereocenters. The lowest BCUT2D eigenvalue weighted by molar-refractivity contribution is 0.0793. The highest BCUT2D eigenvalue weighted by Crippen LogP contribution is 2.35. The minimum atomic E-state index is -0.333. The van der Waals surface area contributed by atoms with Gasteiger partial charge in [-0.25, -0.2) is 0 Å². The number of nitrogens with one attached hydrogen (secondary N) is 1. The number of hydrogen-bond acceptors (Lipinski definition) is 5. The number of aromatic nitrogens is 1. The van der Waals surface area contributed by atoms with Crippen molar-refractivity contribution >= 4 is 28.4 Å². The quantitative estimate of drug-likeness (QED) is 0.647. The van der Waals surface area contributed by atoms with Gasteiger partial charge in [0.1, 0.15) is 0 Å². The molecule has 0 radical (unpaired) electrons. The summed E-state index contributed by atoms with van der Waals surface area (Å²) in [6, 6.07) is 11.0. The van der Waals surface area contributed by atoms with Gasteiger partial charge in [-0.05, 0) is 50.5 Å². The van der Waals surface area contributed by atoms with Crippen LogP contribution >= 0.6 is 0 Å². The number of likely N-dealkylation sites (tertiary alicyclic amines) is 1. The number of ether oxygens (including phenoxy) is 2. The van der Waals surface area contributed by atoms with Gasteiger partial charge in [-0.1, -0.05) is 12.1 Å². The average molecular weight is 434 g/mol. The van der Waals surface area contributed by atoms with Gasteiger partial charge >= 0.3 is 0 Å². The number of benzene rings is 2. The van der Waals surface area contributed by atoms with Crippen LogP contribution in [-0.4, -0.2) is 49.0 Å². The van der Waals surface area contributed by atoms with Crippen molar-refractivity contribution in [3.63, 3.8) is 0 Å². The summed E-state index contributed by atoms with van der Waals surface area (Å²) >= 11 is 0. The largest absolute Gasteiger partial charge is 0.493 e. The second-order valence-electron chi connectivity index (χ2n) is 8.02. The molecule has 0 spiro atoms. The minimum Gasteiger partial charge on any atom is -0.493 e. The van der Waals surface area contributed by atoms with Crippen LogP contribution in [0.15, 0.2) is 36.4 Å². The van der Waals surface area contributed by atoms with Crippen LogP contribution in [0.2, 0.25) is 0 Å². The molecule has 7 heteroatoms. The maximum atomic E-state index is 13.2. The minimum absolute atomic E-state index is 0.136. The molecule has 1 aromatic heterocycles. The van der Waals surface area contributed by atoms with Gasteiger partial charge in [0, 0.05) is 24.5 Å². The van der Waals surface area contributed by atoms with Crippen LogP contribution < -0.4 is 14.8 Å². The first-order chi connectivity index (χ1) is 15.4. The number of methoxy groups -OCH3 is 2. The summed E-state index contributed by atoms with van der Waals surface area (Å²) in [5.74, 6) is 0.402. The predicted molar refractivity (Wildman–Crippen MR) is 124 cm³/mol. The number of hydrogen-bond donors (Lipinski definition) is 1. The molecule has 2 aromatic carbocycles. The smallest absolute Gasteiger partial charge is 0.257 e. The Labute approximate surface area is 187 Å². The van der Waals surface area contributed by atoms with Crippen molar-refractivity contribution in [1.82, 2.24) is 9.88 Å². The first kappa shape index (κ1) is 21.6.